The first kappa shape index (κ1) is 19.2. The summed E-state index contributed by atoms with van der Waals surface area (Å²) >= 11 is 0. The van der Waals surface area contributed by atoms with Crippen LogP contribution in [0.1, 0.15) is 13.8 Å². The number of hydrogen-bond donors (Lipinski definition) is 4. The van der Waals surface area contributed by atoms with Crippen LogP contribution in [0.15, 0.2) is 0 Å². The smallest absolute Gasteiger partial charge is 0.326 e. The van der Waals surface area contributed by atoms with Gasteiger partial charge >= 0.3 is 23.9 Å². The van der Waals surface area contributed by atoms with Crippen molar-refractivity contribution in [1.29, 1.82) is 10.8 Å². The fourth-order valence-electron chi connectivity index (χ4n) is 1.45. The number of esters is 2. The average molecular weight is 316 g/mol. The van der Waals surface area contributed by atoms with E-state index in [1.54, 1.807) is 0 Å². The molecule has 2 atom stereocenters. The van der Waals surface area contributed by atoms with Crippen LogP contribution in [0.3, 0.4) is 0 Å². The Morgan fingerprint density at radius 2 is 1.09 bits per heavy atom. The van der Waals surface area contributed by atoms with Gasteiger partial charge in [-0.05, 0) is 13.8 Å². The van der Waals surface area contributed by atoms with Crippen LogP contribution in [-0.4, -0.2) is 58.7 Å². The zero-order valence-electron chi connectivity index (χ0n) is 11.9. The van der Waals surface area contributed by atoms with Crippen LogP contribution in [0.2, 0.25) is 0 Å². The number of carbonyl (C=O) groups excluding carboxylic acids is 2. The van der Waals surface area contributed by atoms with Crippen molar-refractivity contribution in [3.63, 3.8) is 0 Å². The van der Waals surface area contributed by atoms with Crippen molar-refractivity contribution in [2.45, 2.75) is 13.8 Å². The molecule has 0 aliphatic heterocycles. The van der Waals surface area contributed by atoms with Crippen molar-refractivity contribution in [3.8, 4) is 0 Å². The number of hydrogen-bond acceptors (Lipinski definition) is 8. The second kappa shape index (κ2) is 8.49. The molecule has 10 nitrogen and oxygen atoms in total. The Kier molecular flexibility index (Phi) is 7.42. The highest BCUT2D eigenvalue weighted by Crippen LogP contribution is 2.12. The topological polar surface area (TPSA) is 175 Å². The van der Waals surface area contributed by atoms with Gasteiger partial charge in [0, 0.05) is 0 Å². The van der Waals surface area contributed by atoms with Gasteiger partial charge in [0.1, 0.15) is 0 Å². The standard InChI is InChI=1S/C12H16N2O8/c1-3-21-11(19)5(9(15)16)7(13)8(14)6(10(17)18)12(20)22-4-2/h5-6,13-14H,3-4H2,1-2H3,(H,15,16)(H,17,18)/t5-,6-/m0/s1. The van der Waals surface area contributed by atoms with E-state index < -0.39 is 47.1 Å². The Morgan fingerprint density at radius 1 is 0.818 bits per heavy atom. The highest BCUT2D eigenvalue weighted by atomic mass is 16.5. The Labute approximate surface area is 125 Å². The van der Waals surface area contributed by atoms with E-state index in [-0.39, 0.29) is 13.2 Å². The summed E-state index contributed by atoms with van der Waals surface area (Å²) in [5.74, 6) is -10.6. The summed E-state index contributed by atoms with van der Waals surface area (Å²) in [5.41, 5.74) is -2.29. The SMILES string of the molecule is CCOC(=O)[C@@H](C(=N)C(=N)[C@@H](C(=O)O)C(=O)OCC)C(=O)O. The van der Waals surface area contributed by atoms with Crippen molar-refractivity contribution in [2.75, 3.05) is 13.2 Å². The number of ether oxygens (including phenoxy) is 2. The van der Waals surface area contributed by atoms with Gasteiger partial charge in [0.15, 0.2) is 11.8 Å². The van der Waals surface area contributed by atoms with Gasteiger partial charge in [0.25, 0.3) is 0 Å². The van der Waals surface area contributed by atoms with Gasteiger partial charge in [-0.15, -0.1) is 0 Å². The van der Waals surface area contributed by atoms with Crippen molar-refractivity contribution < 1.29 is 38.9 Å². The molecule has 0 unspecified atom stereocenters. The Balaban J connectivity index is 5.48. The first-order valence-electron chi connectivity index (χ1n) is 6.15. The molecule has 0 radical (unpaired) electrons. The van der Waals surface area contributed by atoms with E-state index in [1.807, 2.05) is 0 Å². The summed E-state index contributed by atoms with van der Waals surface area (Å²) in [6, 6.07) is 0. The molecule has 0 aromatic carbocycles. The molecular weight excluding hydrogens is 300 g/mol. The largest absolute Gasteiger partial charge is 0.480 e. The van der Waals surface area contributed by atoms with E-state index in [4.69, 9.17) is 21.0 Å². The first-order chi connectivity index (χ1) is 10.2. The maximum Gasteiger partial charge on any atom is 0.326 e. The lowest BCUT2D eigenvalue weighted by molar-refractivity contribution is -0.157. The molecule has 0 bridgehead atoms. The molecule has 0 fully saturated rings. The minimum absolute atomic E-state index is 0.163. The third-order valence-electron chi connectivity index (χ3n) is 2.41. The van der Waals surface area contributed by atoms with Gasteiger partial charge in [-0.2, -0.15) is 0 Å². The lowest BCUT2D eigenvalue weighted by atomic mass is 9.91. The molecular formula is C12H16N2O8. The maximum atomic E-state index is 11.5. The van der Waals surface area contributed by atoms with Gasteiger partial charge in [-0.25, -0.2) is 0 Å². The van der Waals surface area contributed by atoms with Crippen LogP contribution in [0, 0.1) is 22.7 Å². The fourth-order valence-corrected chi connectivity index (χ4v) is 1.45. The van der Waals surface area contributed by atoms with Gasteiger partial charge < -0.3 is 30.5 Å². The van der Waals surface area contributed by atoms with E-state index >= 15 is 0 Å². The number of nitrogens with one attached hydrogen (secondary N) is 2. The van der Waals surface area contributed by atoms with E-state index in [1.165, 1.54) is 13.8 Å². The lowest BCUT2D eigenvalue weighted by Gasteiger charge is -2.17. The highest BCUT2D eigenvalue weighted by molar-refractivity contribution is 6.52. The maximum absolute atomic E-state index is 11.5. The zero-order valence-corrected chi connectivity index (χ0v) is 11.9. The Morgan fingerprint density at radius 3 is 1.27 bits per heavy atom. The molecule has 10 heteroatoms. The highest BCUT2D eigenvalue weighted by Gasteiger charge is 2.41. The summed E-state index contributed by atoms with van der Waals surface area (Å²) in [6.07, 6.45) is 0. The molecule has 0 aromatic heterocycles. The first-order valence-corrected chi connectivity index (χ1v) is 6.15. The van der Waals surface area contributed by atoms with Crippen molar-refractivity contribution in [2.24, 2.45) is 11.8 Å². The van der Waals surface area contributed by atoms with Crippen LogP contribution < -0.4 is 0 Å². The molecule has 0 heterocycles. The molecule has 122 valence electrons. The molecule has 0 spiro atoms. The van der Waals surface area contributed by atoms with E-state index in [0.717, 1.165) is 0 Å². The predicted molar refractivity (Wildman–Crippen MR) is 71.0 cm³/mol. The molecule has 0 amide bonds. The van der Waals surface area contributed by atoms with E-state index in [9.17, 15) is 19.2 Å². The summed E-state index contributed by atoms with van der Waals surface area (Å²) in [6.45, 7) is 2.49. The van der Waals surface area contributed by atoms with Gasteiger partial charge in [-0.3, -0.25) is 19.2 Å². The third kappa shape index (κ3) is 4.65. The quantitative estimate of drug-likeness (QED) is 0.251. The Bertz CT molecular complexity index is 467. The number of carboxylic acid groups (broad SMARTS) is 2. The lowest BCUT2D eigenvalue weighted by Crippen LogP contribution is -2.44. The average Bonchev–Trinajstić information content (AvgIpc) is 2.38. The Hall–Kier alpha value is -2.78. The van der Waals surface area contributed by atoms with Crippen LogP contribution in [0.5, 0.6) is 0 Å². The van der Waals surface area contributed by atoms with Crippen LogP contribution >= 0.6 is 0 Å². The van der Waals surface area contributed by atoms with Crippen molar-refractivity contribution in [3.05, 3.63) is 0 Å². The van der Waals surface area contributed by atoms with Crippen molar-refractivity contribution in [1.82, 2.24) is 0 Å². The number of carboxylic acids is 2. The minimum atomic E-state index is -2.19. The van der Waals surface area contributed by atoms with Crippen LogP contribution in [-0.2, 0) is 28.7 Å². The van der Waals surface area contributed by atoms with Gasteiger partial charge in [0.05, 0.1) is 24.6 Å². The summed E-state index contributed by atoms with van der Waals surface area (Å²) in [7, 11) is 0. The van der Waals surface area contributed by atoms with Crippen LogP contribution in [0.4, 0.5) is 0 Å². The molecule has 0 saturated heterocycles. The number of aliphatic carboxylic acids is 2. The number of rotatable bonds is 9. The zero-order chi connectivity index (χ0) is 17.4. The normalized spacial score (nSPS) is 12.6. The molecule has 0 aliphatic carbocycles. The second-order valence-electron chi connectivity index (χ2n) is 3.87. The summed E-state index contributed by atoms with van der Waals surface area (Å²) < 4.78 is 8.93. The minimum Gasteiger partial charge on any atom is -0.480 e. The van der Waals surface area contributed by atoms with Crippen LogP contribution in [0.25, 0.3) is 0 Å². The monoisotopic (exact) mass is 316 g/mol. The second-order valence-corrected chi connectivity index (χ2v) is 3.87. The predicted octanol–water partition coefficient (Wildman–Crippen LogP) is -0.446. The molecule has 0 aliphatic rings. The third-order valence-corrected chi connectivity index (χ3v) is 2.41. The molecule has 0 saturated carbocycles. The molecule has 4 N–H and O–H groups in total. The van der Waals surface area contributed by atoms with E-state index in [2.05, 4.69) is 9.47 Å². The van der Waals surface area contributed by atoms with Gasteiger partial charge in [0.2, 0.25) is 0 Å². The van der Waals surface area contributed by atoms with Gasteiger partial charge in [-0.1, -0.05) is 0 Å². The number of carbonyl (C=O) groups is 4. The van der Waals surface area contributed by atoms with E-state index in [0.29, 0.717) is 0 Å². The summed E-state index contributed by atoms with van der Waals surface area (Å²) in [4.78, 5) is 45.1. The molecule has 22 heavy (non-hydrogen) atoms. The summed E-state index contributed by atoms with van der Waals surface area (Å²) in [5, 5.41) is 33.0. The molecule has 0 rings (SSSR count). The fraction of sp³-hybridized carbons (Fsp3) is 0.500. The van der Waals surface area contributed by atoms with Crippen molar-refractivity contribution >= 4 is 35.3 Å². The molecule has 0 aromatic rings.